The molecule has 0 aliphatic heterocycles. The summed E-state index contributed by atoms with van der Waals surface area (Å²) in [7, 11) is 0. The lowest BCUT2D eigenvalue weighted by atomic mass is 10.1. The van der Waals surface area contributed by atoms with E-state index in [1.807, 2.05) is 56.3 Å². The zero-order valence-corrected chi connectivity index (χ0v) is 12.5. The summed E-state index contributed by atoms with van der Waals surface area (Å²) in [5.41, 5.74) is 5.64. The summed E-state index contributed by atoms with van der Waals surface area (Å²) in [5, 5.41) is 1.01. The van der Waals surface area contributed by atoms with E-state index >= 15 is 0 Å². The Kier molecular flexibility index (Phi) is 3.74. The number of fused-ring (bicyclic) bond motifs is 1. The second-order valence-electron chi connectivity index (χ2n) is 5.07. The topological polar surface area (TPSA) is 51.2 Å². The average molecular weight is 292 g/mol. The summed E-state index contributed by atoms with van der Waals surface area (Å²) in [4.78, 5) is 22.1. The third kappa shape index (κ3) is 2.63. The molecule has 0 aliphatic carbocycles. The molecular weight excluding hydrogens is 276 g/mol. The number of hydrogen-bond donors (Lipinski definition) is 1. The highest BCUT2D eigenvalue weighted by atomic mass is 16.7. The van der Waals surface area contributed by atoms with Crippen LogP contribution in [-0.4, -0.2) is 10.9 Å². The van der Waals surface area contributed by atoms with Crippen LogP contribution in [0.3, 0.4) is 0 Å². The lowest BCUT2D eigenvalue weighted by Gasteiger charge is -2.13. The molecule has 0 radical (unpaired) electrons. The number of hydrogen-bond acceptors (Lipinski definition) is 3. The van der Waals surface area contributed by atoms with Crippen LogP contribution in [0.4, 0.5) is 0 Å². The van der Waals surface area contributed by atoms with Gasteiger partial charge in [-0.25, -0.2) is 4.98 Å². The van der Waals surface area contributed by atoms with Crippen molar-refractivity contribution in [2.75, 3.05) is 0 Å². The van der Waals surface area contributed by atoms with Crippen molar-refractivity contribution in [1.82, 2.24) is 10.5 Å². The van der Waals surface area contributed by atoms with Crippen LogP contribution in [0.15, 0.2) is 54.6 Å². The second-order valence-corrected chi connectivity index (χ2v) is 5.07. The maximum absolute atomic E-state index is 12.0. The molecule has 0 unspecified atom stereocenters. The van der Waals surface area contributed by atoms with E-state index in [2.05, 4.69) is 10.5 Å². The van der Waals surface area contributed by atoms with Crippen LogP contribution in [0.5, 0.6) is 5.75 Å². The molecule has 4 heteroatoms. The average Bonchev–Trinajstić information content (AvgIpc) is 2.55. The number of nitrogens with zero attached hydrogens (tertiary/aromatic N) is 1. The van der Waals surface area contributed by atoms with Gasteiger partial charge in [0.2, 0.25) is 0 Å². The highest BCUT2D eigenvalue weighted by molar-refractivity contribution is 5.93. The van der Waals surface area contributed by atoms with Gasteiger partial charge in [0, 0.05) is 16.5 Å². The predicted octanol–water partition coefficient (Wildman–Crippen LogP) is 3.58. The van der Waals surface area contributed by atoms with Crippen molar-refractivity contribution < 1.29 is 9.63 Å². The quantitative estimate of drug-likeness (QED) is 0.751. The molecular formula is C18H16N2O2. The van der Waals surface area contributed by atoms with Gasteiger partial charge in [-0.1, -0.05) is 36.4 Å². The fourth-order valence-electron chi connectivity index (χ4n) is 2.41. The van der Waals surface area contributed by atoms with Crippen LogP contribution in [0, 0.1) is 13.8 Å². The van der Waals surface area contributed by atoms with Gasteiger partial charge in [-0.3, -0.25) is 4.79 Å². The predicted molar refractivity (Wildman–Crippen MR) is 85.8 cm³/mol. The van der Waals surface area contributed by atoms with Crippen molar-refractivity contribution in [3.8, 4) is 5.75 Å². The van der Waals surface area contributed by atoms with E-state index < -0.39 is 0 Å². The summed E-state index contributed by atoms with van der Waals surface area (Å²) in [5.74, 6) is 0.301. The highest BCUT2D eigenvalue weighted by Crippen LogP contribution is 2.28. The summed E-state index contributed by atoms with van der Waals surface area (Å²) in [6.07, 6.45) is 0. The number of aromatic nitrogens is 1. The number of carbonyl (C=O) groups excluding carboxylic acids is 1. The first-order valence-electron chi connectivity index (χ1n) is 7.05. The number of rotatable bonds is 3. The SMILES string of the molecule is Cc1nc2ccccc2c(C)c1ONC(=O)c1ccccc1. The molecule has 1 amide bonds. The van der Waals surface area contributed by atoms with Gasteiger partial charge in [-0.15, -0.1) is 0 Å². The number of nitrogens with one attached hydrogen (secondary N) is 1. The smallest absolute Gasteiger partial charge is 0.283 e. The van der Waals surface area contributed by atoms with Crippen LogP contribution in [-0.2, 0) is 0 Å². The first-order valence-corrected chi connectivity index (χ1v) is 7.05. The first-order chi connectivity index (χ1) is 10.7. The molecule has 0 saturated carbocycles. The summed E-state index contributed by atoms with van der Waals surface area (Å²) >= 11 is 0. The van der Waals surface area contributed by atoms with Crippen LogP contribution in [0.1, 0.15) is 21.6 Å². The molecule has 0 aliphatic rings. The Morgan fingerprint density at radius 1 is 1.00 bits per heavy atom. The maximum atomic E-state index is 12.0. The molecule has 0 fully saturated rings. The molecule has 4 nitrogen and oxygen atoms in total. The Labute approximate surface area is 128 Å². The van der Waals surface area contributed by atoms with Gasteiger partial charge >= 0.3 is 0 Å². The molecule has 1 aromatic heterocycles. The molecule has 2 aromatic carbocycles. The molecule has 22 heavy (non-hydrogen) atoms. The van der Waals surface area contributed by atoms with Gasteiger partial charge in [0.25, 0.3) is 5.91 Å². The standard InChI is InChI=1S/C18H16N2O2/c1-12-15-10-6-7-11-16(15)19-13(2)17(12)22-20-18(21)14-8-4-3-5-9-14/h3-11H,1-2H3,(H,20,21). The van der Waals surface area contributed by atoms with Crippen molar-refractivity contribution in [3.63, 3.8) is 0 Å². The molecule has 3 aromatic rings. The van der Waals surface area contributed by atoms with Crippen molar-refractivity contribution in [3.05, 3.63) is 71.4 Å². The van der Waals surface area contributed by atoms with Crippen molar-refractivity contribution in [1.29, 1.82) is 0 Å². The Balaban J connectivity index is 1.87. The number of benzene rings is 2. The van der Waals surface area contributed by atoms with Crippen LogP contribution >= 0.6 is 0 Å². The van der Waals surface area contributed by atoms with Crippen LogP contribution in [0.25, 0.3) is 10.9 Å². The molecule has 3 rings (SSSR count). The fourth-order valence-corrected chi connectivity index (χ4v) is 2.41. The minimum Gasteiger partial charge on any atom is -0.377 e. The van der Waals surface area contributed by atoms with Gasteiger partial charge in [-0.05, 0) is 32.0 Å². The normalized spacial score (nSPS) is 10.5. The van der Waals surface area contributed by atoms with E-state index in [1.54, 1.807) is 12.1 Å². The van der Waals surface area contributed by atoms with Gasteiger partial charge in [0.1, 0.15) is 0 Å². The van der Waals surface area contributed by atoms with Crippen molar-refractivity contribution in [2.24, 2.45) is 0 Å². The minimum atomic E-state index is -0.285. The fraction of sp³-hybridized carbons (Fsp3) is 0.111. The molecule has 0 spiro atoms. The van der Waals surface area contributed by atoms with Crippen molar-refractivity contribution in [2.45, 2.75) is 13.8 Å². The van der Waals surface area contributed by atoms with E-state index in [0.29, 0.717) is 11.3 Å². The molecule has 0 saturated heterocycles. The molecule has 1 N–H and O–H groups in total. The third-order valence-electron chi connectivity index (χ3n) is 3.55. The van der Waals surface area contributed by atoms with E-state index in [-0.39, 0.29) is 5.91 Å². The van der Waals surface area contributed by atoms with Gasteiger partial charge in [0.15, 0.2) is 5.75 Å². The zero-order valence-electron chi connectivity index (χ0n) is 12.5. The number of carbonyl (C=O) groups is 1. The number of pyridine rings is 1. The number of hydroxylamine groups is 1. The number of amides is 1. The molecule has 110 valence electrons. The van der Waals surface area contributed by atoms with E-state index in [1.165, 1.54) is 0 Å². The third-order valence-corrected chi connectivity index (χ3v) is 3.55. The molecule has 0 bridgehead atoms. The second kappa shape index (κ2) is 5.85. The van der Waals surface area contributed by atoms with Gasteiger partial charge in [-0.2, -0.15) is 5.48 Å². The zero-order chi connectivity index (χ0) is 15.5. The van der Waals surface area contributed by atoms with E-state index in [0.717, 1.165) is 22.2 Å². The number of para-hydroxylation sites is 1. The Morgan fingerprint density at radius 3 is 2.45 bits per heavy atom. The van der Waals surface area contributed by atoms with E-state index in [9.17, 15) is 4.79 Å². The van der Waals surface area contributed by atoms with Gasteiger partial charge in [0.05, 0.1) is 11.2 Å². The Hall–Kier alpha value is -2.88. The monoisotopic (exact) mass is 292 g/mol. The lowest BCUT2D eigenvalue weighted by molar-refractivity contribution is 0.0757. The highest BCUT2D eigenvalue weighted by Gasteiger charge is 2.12. The summed E-state index contributed by atoms with van der Waals surface area (Å²) in [6.45, 7) is 3.82. The maximum Gasteiger partial charge on any atom is 0.283 e. The minimum absolute atomic E-state index is 0.285. The van der Waals surface area contributed by atoms with Crippen LogP contribution < -0.4 is 10.3 Å². The summed E-state index contributed by atoms with van der Waals surface area (Å²) in [6, 6.07) is 16.8. The Bertz CT molecular complexity index is 829. The number of aryl methyl sites for hydroxylation is 2. The first kappa shape index (κ1) is 14.1. The lowest BCUT2D eigenvalue weighted by Crippen LogP contribution is -2.27. The van der Waals surface area contributed by atoms with E-state index in [4.69, 9.17) is 4.84 Å². The van der Waals surface area contributed by atoms with Crippen molar-refractivity contribution >= 4 is 16.8 Å². The largest absolute Gasteiger partial charge is 0.377 e. The van der Waals surface area contributed by atoms with Crippen LogP contribution in [0.2, 0.25) is 0 Å². The summed E-state index contributed by atoms with van der Waals surface area (Å²) < 4.78 is 0. The Morgan fingerprint density at radius 2 is 1.68 bits per heavy atom. The van der Waals surface area contributed by atoms with Gasteiger partial charge < -0.3 is 4.84 Å². The molecule has 0 atom stereocenters. The molecule has 1 heterocycles.